The van der Waals surface area contributed by atoms with Crippen LogP contribution in [0.3, 0.4) is 0 Å². The molecule has 0 unspecified atom stereocenters. The van der Waals surface area contributed by atoms with E-state index in [9.17, 15) is 4.39 Å². The van der Waals surface area contributed by atoms with Crippen LogP contribution in [-0.2, 0) is 0 Å². The van der Waals surface area contributed by atoms with Crippen molar-refractivity contribution in [2.24, 2.45) is 0 Å². The van der Waals surface area contributed by atoms with Gasteiger partial charge in [-0.15, -0.1) is 0 Å². The minimum absolute atomic E-state index is 0.0648. The highest BCUT2D eigenvalue weighted by atomic mass is 35.5. The van der Waals surface area contributed by atoms with E-state index in [-0.39, 0.29) is 5.02 Å². The molecule has 0 radical (unpaired) electrons. The molecule has 3 rings (SSSR count). The van der Waals surface area contributed by atoms with Gasteiger partial charge in [0.2, 0.25) is 0 Å². The molecule has 2 N–H and O–H groups in total. The minimum Gasteiger partial charge on any atom is -0.399 e. The van der Waals surface area contributed by atoms with Crippen molar-refractivity contribution in [2.45, 2.75) is 0 Å². The number of para-hydroxylation sites is 1. The van der Waals surface area contributed by atoms with Crippen LogP contribution in [0, 0.1) is 5.82 Å². The Labute approximate surface area is 114 Å². The minimum atomic E-state index is -0.439. The Morgan fingerprint density at radius 3 is 2.58 bits per heavy atom. The second-order valence-electron chi connectivity index (χ2n) is 3.76. The van der Waals surface area contributed by atoms with E-state index >= 15 is 0 Å². The zero-order valence-corrected chi connectivity index (χ0v) is 10.7. The number of halogens is 2. The molecule has 2 aromatic carbocycles. The third-order valence-electron chi connectivity index (χ3n) is 2.36. The first-order valence-electron chi connectivity index (χ1n) is 5.52. The Balaban J connectivity index is 0.000000141. The average molecular weight is 276 g/mol. The first-order chi connectivity index (χ1) is 9.16. The highest BCUT2D eigenvalue weighted by molar-refractivity contribution is 6.31. The third kappa shape index (κ3) is 3.63. The quantitative estimate of drug-likeness (QED) is 0.637. The van der Waals surface area contributed by atoms with E-state index in [4.69, 9.17) is 17.3 Å². The van der Waals surface area contributed by atoms with Crippen molar-refractivity contribution in [3.05, 3.63) is 65.8 Å². The summed E-state index contributed by atoms with van der Waals surface area (Å²) in [5.41, 5.74) is 6.75. The number of anilines is 1. The molecule has 0 aliphatic carbocycles. The van der Waals surface area contributed by atoms with Crippen LogP contribution in [0.15, 0.2) is 55.0 Å². The van der Waals surface area contributed by atoms with Gasteiger partial charge in [0.05, 0.1) is 10.5 Å². The number of nitrogen functional groups attached to an aromatic ring is 1. The molecule has 1 aromatic heterocycles. The molecule has 3 nitrogen and oxygen atoms in total. The second-order valence-corrected chi connectivity index (χ2v) is 4.16. The SMILES string of the molecule is Nc1ccc(F)c(Cl)c1.c1ccc2ncncc2c1. The molecule has 3 aromatic rings. The average Bonchev–Trinajstić information content (AvgIpc) is 2.44. The van der Waals surface area contributed by atoms with E-state index in [2.05, 4.69) is 9.97 Å². The van der Waals surface area contributed by atoms with Crippen LogP contribution in [0.25, 0.3) is 10.9 Å². The zero-order valence-electron chi connectivity index (χ0n) is 9.92. The second kappa shape index (κ2) is 6.11. The Morgan fingerprint density at radius 2 is 1.89 bits per heavy atom. The first-order valence-corrected chi connectivity index (χ1v) is 5.90. The molecule has 1 heterocycles. The molecule has 0 aliphatic heterocycles. The number of benzene rings is 2. The number of hydrogen-bond acceptors (Lipinski definition) is 3. The molecular formula is C14H11ClFN3. The van der Waals surface area contributed by atoms with Gasteiger partial charge >= 0.3 is 0 Å². The number of rotatable bonds is 0. The highest BCUT2D eigenvalue weighted by Gasteiger charge is 1.96. The maximum Gasteiger partial charge on any atom is 0.141 e. The Kier molecular flexibility index (Phi) is 4.26. The van der Waals surface area contributed by atoms with Crippen LogP contribution >= 0.6 is 11.6 Å². The van der Waals surface area contributed by atoms with Crippen molar-refractivity contribution in [3.63, 3.8) is 0 Å². The summed E-state index contributed by atoms with van der Waals surface area (Å²) < 4.78 is 12.3. The van der Waals surface area contributed by atoms with Gasteiger partial charge in [0.15, 0.2) is 0 Å². The van der Waals surface area contributed by atoms with Crippen molar-refractivity contribution in [2.75, 3.05) is 5.73 Å². The molecule has 96 valence electrons. The van der Waals surface area contributed by atoms with E-state index in [1.165, 1.54) is 18.2 Å². The third-order valence-corrected chi connectivity index (χ3v) is 2.65. The first kappa shape index (κ1) is 13.2. The van der Waals surface area contributed by atoms with Gasteiger partial charge in [0, 0.05) is 17.3 Å². The van der Waals surface area contributed by atoms with E-state index in [0.29, 0.717) is 5.69 Å². The Bertz CT molecular complexity index is 623. The molecule has 0 fully saturated rings. The number of aromatic nitrogens is 2. The molecule has 19 heavy (non-hydrogen) atoms. The summed E-state index contributed by atoms with van der Waals surface area (Å²) in [5, 5.41) is 1.15. The summed E-state index contributed by atoms with van der Waals surface area (Å²) in [6.07, 6.45) is 3.37. The van der Waals surface area contributed by atoms with Gasteiger partial charge in [-0.1, -0.05) is 29.8 Å². The van der Waals surface area contributed by atoms with Crippen LogP contribution in [-0.4, -0.2) is 9.97 Å². The van der Waals surface area contributed by atoms with Crippen molar-refractivity contribution >= 4 is 28.2 Å². The summed E-state index contributed by atoms with van der Waals surface area (Å²) in [6.45, 7) is 0. The van der Waals surface area contributed by atoms with Crippen molar-refractivity contribution in [3.8, 4) is 0 Å². The van der Waals surface area contributed by atoms with E-state index < -0.39 is 5.82 Å². The fraction of sp³-hybridized carbons (Fsp3) is 0. The maximum atomic E-state index is 12.3. The standard InChI is InChI=1S/C8H6N2.C6H5ClFN/c1-2-4-8-7(3-1)5-9-6-10-8;7-5-3-4(9)1-2-6(5)8/h1-6H;1-3H,9H2. The van der Waals surface area contributed by atoms with Gasteiger partial charge in [0.1, 0.15) is 12.1 Å². The topological polar surface area (TPSA) is 51.8 Å². The van der Waals surface area contributed by atoms with Crippen LogP contribution < -0.4 is 5.73 Å². The maximum absolute atomic E-state index is 12.3. The summed E-state index contributed by atoms with van der Waals surface area (Å²) in [6, 6.07) is 12.0. The number of nitrogens with two attached hydrogens (primary N) is 1. The molecule has 0 bridgehead atoms. The highest BCUT2D eigenvalue weighted by Crippen LogP contribution is 2.16. The predicted molar refractivity (Wildman–Crippen MR) is 75.4 cm³/mol. The molecule has 0 saturated carbocycles. The monoisotopic (exact) mass is 275 g/mol. The summed E-state index contributed by atoms with van der Waals surface area (Å²) in [7, 11) is 0. The predicted octanol–water partition coefficient (Wildman–Crippen LogP) is 3.69. The Morgan fingerprint density at radius 1 is 1.11 bits per heavy atom. The lowest BCUT2D eigenvalue weighted by Gasteiger charge is -1.93. The van der Waals surface area contributed by atoms with Crippen LogP contribution in [0.4, 0.5) is 10.1 Å². The van der Waals surface area contributed by atoms with Gasteiger partial charge < -0.3 is 5.73 Å². The largest absolute Gasteiger partial charge is 0.399 e. The lowest BCUT2D eigenvalue weighted by atomic mass is 10.2. The zero-order chi connectivity index (χ0) is 13.7. The molecule has 5 heteroatoms. The molecule has 0 aliphatic rings. The molecule has 0 saturated heterocycles. The van der Waals surface area contributed by atoms with Crippen LogP contribution in [0.5, 0.6) is 0 Å². The number of hydrogen-bond donors (Lipinski definition) is 1. The fourth-order valence-electron chi connectivity index (χ4n) is 1.44. The van der Waals surface area contributed by atoms with Gasteiger partial charge in [-0.2, -0.15) is 0 Å². The summed E-state index contributed by atoms with van der Waals surface area (Å²) in [5.74, 6) is -0.439. The summed E-state index contributed by atoms with van der Waals surface area (Å²) >= 11 is 5.36. The normalized spacial score (nSPS) is 9.79. The van der Waals surface area contributed by atoms with Crippen LogP contribution in [0.2, 0.25) is 5.02 Å². The molecular weight excluding hydrogens is 265 g/mol. The molecule has 0 amide bonds. The number of nitrogens with zero attached hydrogens (tertiary/aromatic N) is 2. The van der Waals surface area contributed by atoms with Crippen molar-refractivity contribution < 1.29 is 4.39 Å². The Hall–Kier alpha value is -2.20. The molecule has 0 atom stereocenters. The van der Waals surface area contributed by atoms with E-state index in [1.54, 1.807) is 6.33 Å². The summed E-state index contributed by atoms with van der Waals surface area (Å²) in [4.78, 5) is 7.97. The van der Waals surface area contributed by atoms with E-state index in [0.717, 1.165) is 10.9 Å². The van der Waals surface area contributed by atoms with Crippen molar-refractivity contribution in [1.82, 2.24) is 9.97 Å². The smallest absolute Gasteiger partial charge is 0.141 e. The number of fused-ring (bicyclic) bond motifs is 1. The van der Waals surface area contributed by atoms with Crippen LogP contribution in [0.1, 0.15) is 0 Å². The van der Waals surface area contributed by atoms with Gasteiger partial charge in [-0.05, 0) is 24.3 Å². The van der Waals surface area contributed by atoms with Gasteiger partial charge in [0.25, 0.3) is 0 Å². The van der Waals surface area contributed by atoms with Crippen molar-refractivity contribution in [1.29, 1.82) is 0 Å². The van der Waals surface area contributed by atoms with Gasteiger partial charge in [-0.25, -0.2) is 14.4 Å². The lowest BCUT2D eigenvalue weighted by molar-refractivity contribution is 0.628. The fourth-order valence-corrected chi connectivity index (χ4v) is 1.62. The molecule has 0 spiro atoms. The van der Waals surface area contributed by atoms with Gasteiger partial charge in [-0.3, -0.25) is 0 Å². The van der Waals surface area contributed by atoms with E-state index in [1.807, 2.05) is 30.5 Å². The lowest BCUT2D eigenvalue weighted by Crippen LogP contribution is -1.84.